The van der Waals surface area contributed by atoms with Crippen LogP contribution in [-0.2, 0) is 9.53 Å². The van der Waals surface area contributed by atoms with Crippen molar-refractivity contribution < 1.29 is 13.9 Å². The number of nitrogens with zero attached hydrogens (tertiary/aromatic N) is 4. The van der Waals surface area contributed by atoms with Crippen molar-refractivity contribution in [3.63, 3.8) is 0 Å². The van der Waals surface area contributed by atoms with Crippen molar-refractivity contribution in [3.8, 4) is 6.07 Å². The van der Waals surface area contributed by atoms with Crippen LogP contribution in [0.1, 0.15) is 54.1 Å². The summed E-state index contributed by atoms with van der Waals surface area (Å²) in [5.74, 6) is 0.622. The molecule has 3 aliphatic heterocycles. The van der Waals surface area contributed by atoms with Crippen molar-refractivity contribution in [2.45, 2.75) is 57.4 Å². The van der Waals surface area contributed by atoms with Crippen molar-refractivity contribution in [2.75, 3.05) is 18.0 Å². The summed E-state index contributed by atoms with van der Waals surface area (Å²) < 4.78 is 20.5. The summed E-state index contributed by atoms with van der Waals surface area (Å²) in [4.78, 5) is 22.1. The maximum Gasteiger partial charge on any atom is 0.257 e. The molecule has 4 heterocycles. The van der Waals surface area contributed by atoms with E-state index in [1.165, 1.54) is 0 Å². The lowest BCUT2D eigenvalue weighted by Crippen LogP contribution is -2.50. The Bertz CT molecular complexity index is 1090. The highest BCUT2D eigenvalue weighted by Gasteiger charge is 2.58. The van der Waals surface area contributed by atoms with Crippen molar-refractivity contribution >= 4 is 11.7 Å². The number of halogens is 1. The number of hydrogen-bond acceptors (Lipinski definition) is 5. The summed E-state index contributed by atoms with van der Waals surface area (Å²) in [7, 11) is 0. The lowest BCUT2D eigenvalue weighted by molar-refractivity contribution is -0.140. The number of ether oxygens (including phenoxy) is 1. The molecule has 3 fully saturated rings. The minimum atomic E-state index is -0.801. The molecule has 0 radical (unpaired) electrons. The van der Waals surface area contributed by atoms with E-state index in [1.807, 2.05) is 24.0 Å². The van der Waals surface area contributed by atoms with E-state index >= 15 is 0 Å². The van der Waals surface area contributed by atoms with E-state index in [4.69, 9.17) is 10.00 Å². The van der Waals surface area contributed by atoms with Crippen molar-refractivity contribution in [1.82, 2.24) is 9.88 Å². The minimum Gasteiger partial charge on any atom is -0.356 e. The standard InChI is InChI=1S/C24H25FN4O2/c1-15-3-4-17(13-19(15)25)20-6-8-22-29(20)23(30)24(31-22)9-11-28(12-10-24)21-7-5-18(14-26)16(2)27-21/h3-5,7,13,20,22H,6,8-12H2,1-2H3/t20-,22+/m0/s1. The van der Waals surface area contributed by atoms with E-state index < -0.39 is 5.60 Å². The van der Waals surface area contributed by atoms with Crippen molar-refractivity contribution in [3.05, 3.63) is 58.5 Å². The maximum atomic E-state index is 14.1. The molecule has 5 rings (SSSR count). The molecule has 1 amide bonds. The van der Waals surface area contributed by atoms with Gasteiger partial charge in [0, 0.05) is 25.9 Å². The molecule has 1 spiro atoms. The summed E-state index contributed by atoms with van der Waals surface area (Å²) in [6, 6.07) is 10.9. The van der Waals surface area contributed by atoms with Gasteiger partial charge in [-0.15, -0.1) is 0 Å². The normalized spacial score (nSPS) is 24.5. The molecule has 0 aliphatic carbocycles. The zero-order valence-electron chi connectivity index (χ0n) is 17.8. The van der Waals surface area contributed by atoms with E-state index in [9.17, 15) is 9.18 Å². The average molecular weight is 420 g/mol. The first kappa shape index (κ1) is 20.0. The number of hydrogen-bond donors (Lipinski definition) is 0. The van der Waals surface area contributed by atoms with E-state index in [0.29, 0.717) is 42.8 Å². The fraction of sp³-hybridized carbons (Fsp3) is 0.458. The Kier molecular flexibility index (Phi) is 4.71. The number of benzene rings is 1. The highest BCUT2D eigenvalue weighted by molar-refractivity contribution is 5.88. The van der Waals surface area contributed by atoms with Gasteiger partial charge in [-0.05, 0) is 56.0 Å². The molecular formula is C24H25FN4O2. The zero-order chi connectivity index (χ0) is 21.8. The van der Waals surface area contributed by atoms with Gasteiger partial charge >= 0.3 is 0 Å². The van der Waals surface area contributed by atoms with Crippen molar-refractivity contribution in [1.29, 1.82) is 5.26 Å². The van der Waals surface area contributed by atoms with Crippen LogP contribution >= 0.6 is 0 Å². The van der Waals surface area contributed by atoms with Gasteiger partial charge in [0.2, 0.25) is 0 Å². The molecule has 1 aromatic heterocycles. The van der Waals surface area contributed by atoms with Crippen LogP contribution in [0.3, 0.4) is 0 Å². The molecule has 160 valence electrons. The van der Waals surface area contributed by atoms with E-state index in [1.54, 1.807) is 25.1 Å². The smallest absolute Gasteiger partial charge is 0.257 e. The Labute approximate surface area is 181 Å². The monoisotopic (exact) mass is 420 g/mol. The molecule has 3 saturated heterocycles. The Morgan fingerprint density at radius 2 is 1.97 bits per heavy atom. The number of amides is 1. The first-order chi connectivity index (χ1) is 14.9. The number of carbonyl (C=O) groups is 1. The highest BCUT2D eigenvalue weighted by atomic mass is 19.1. The van der Waals surface area contributed by atoms with Gasteiger partial charge in [-0.2, -0.15) is 5.26 Å². The maximum absolute atomic E-state index is 14.1. The molecule has 0 saturated carbocycles. The first-order valence-electron chi connectivity index (χ1n) is 10.8. The fourth-order valence-corrected chi connectivity index (χ4v) is 5.13. The summed E-state index contributed by atoms with van der Waals surface area (Å²) in [5.41, 5.74) is 1.94. The Morgan fingerprint density at radius 1 is 1.19 bits per heavy atom. The molecule has 3 aliphatic rings. The number of aromatic nitrogens is 1. The number of nitriles is 1. The molecule has 2 aromatic rings. The second-order valence-electron chi connectivity index (χ2n) is 8.78. The molecular weight excluding hydrogens is 395 g/mol. The van der Waals surface area contributed by atoms with Crippen LogP contribution in [0.15, 0.2) is 30.3 Å². The summed E-state index contributed by atoms with van der Waals surface area (Å²) in [5, 5.41) is 9.12. The van der Waals surface area contributed by atoms with Gasteiger partial charge in [0.25, 0.3) is 5.91 Å². The van der Waals surface area contributed by atoms with Crippen LogP contribution in [0, 0.1) is 31.0 Å². The molecule has 7 heteroatoms. The molecule has 0 bridgehead atoms. The van der Waals surface area contributed by atoms with Gasteiger partial charge in [0.1, 0.15) is 23.9 Å². The number of aryl methyl sites for hydroxylation is 2. The van der Waals surface area contributed by atoms with Gasteiger partial charge in [0.15, 0.2) is 5.60 Å². The zero-order valence-corrected chi connectivity index (χ0v) is 17.8. The molecule has 6 nitrogen and oxygen atoms in total. The number of pyridine rings is 1. The molecule has 2 atom stereocenters. The number of piperidine rings is 1. The largest absolute Gasteiger partial charge is 0.356 e. The van der Waals surface area contributed by atoms with E-state index in [0.717, 1.165) is 24.2 Å². The van der Waals surface area contributed by atoms with Gasteiger partial charge in [-0.25, -0.2) is 9.37 Å². The topological polar surface area (TPSA) is 69.5 Å². The number of carbonyl (C=O) groups excluding carboxylic acids is 1. The molecule has 0 unspecified atom stereocenters. The third-order valence-electron chi connectivity index (χ3n) is 6.99. The summed E-state index contributed by atoms with van der Waals surface area (Å²) in [6.07, 6.45) is 2.51. The fourth-order valence-electron chi connectivity index (χ4n) is 5.13. The third kappa shape index (κ3) is 3.17. The number of anilines is 1. The SMILES string of the molecule is Cc1ccc([C@@H]2CC[C@H]3OC4(CCN(c5ccc(C#N)c(C)n5)CC4)C(=O)N32)cc1F. The van der Waals surface area contributed by atoms with E-state index in [-0.39, 0.29) is 24.0 Å². The molecule has 31 heavy (non-hydrogen) atoms. The highest BCUT2D eigenvalue weighted by Crippen LogP contribution is 2.48. The van der Waals surface area contributed by atoms with Crippen LogP contribution in [0.4, 0.5) is 10.2 Å². The summed E-state index contributed by atoms with van der Waals surface area (Å²) >= 11 is 0. The second-order valence-corrected chi connectivity index (χ2v) is 8.78. The van der Waals surface area contributed by atoms with E-state index in [2.05, 4.69) is 16.0 Å². The Morgan fingerprint density at radius 3 is 2.65 bits per heavy atom. The van der Waals surface area contributed by atoms with Crippen LogP contribution in [0.5, 0.6) is 0 Å². The van der Waals surface area contributed by atoms with Gasteiger partial charge in [0.05, 0.1) is 17.3 Å². The van der Waals surface area contributed by atoms with Crippen LogP contribution in [0.25, 0.3) is 0 Å². The number of fused-ring (bicyclic) bond motifs is 1. The molecule has 0 N–H and O–H groups in total. The van der Waals surface area contributed by atoms with Crippen LogP contribution < -0.4 is 4.90 Å². The average Bonchev–Trinajstić information content (AvgIpc) is 3.29. The Balaban J connectivity index is 1.33. The quantitative estimate of drug-likeness (QED) is 0.740. The predicted molar refractivity (Wildman–Crippen MR) is 113 cm³/mol. The Hall–Kier alpha value is -2.98. The van der Waals surface area contributed by atoms with Gasteiger partial charge < -0.3 is 14.5 Å². The minimum absolute atomic E-state index is 0.0320. The van der Waals surface area contributed by atoms with Crippen LogP contribution in [-0.4, -0.2) is 40.7 Å². The first-order valence-corrected chi connectivity index (χ1v) is 10.8. The predicted octanol–water partition coefficient (Wildman–Crippen LogP) is 3.77. The van der Waals surface area contributed by atoms with Crippen LogP contribution in [0.2, 0.25) is 0 Å². The third-order valence-corrected chi connectivity index (χ3v) is 6.99. The number of rotatable bonds is 2. The van der Waals surface area contributed by atoms with Gasteiger partial charge in [-0.1, -0.05) is 12.1 Å². The lowest BCUT2D eigenvalue weighted by atomic mass is 9.89. The second kappa shape index (κ2) is 7.31. The summed E-state index contributed by atoms with van der Waals surface area (Å²) in [6.45, 7) is 4.90. The lowest BCUT2D eigenvalue weighted by Gasteiger charge is -2.38. The van der Waals surface area contributed by atoms with Crippen molar-refractivity contribution in [2.24, 2.45) is 0 Å². The molecule has 1 aromatic carbocycles. The van der Waals surface area contributed by atoms with Gasteiger partial charge in [-0.3, -0.25) is 4.79 Å².